The van der Waals surface area contributed by atoms with Gasteiger partial charge in [0.05, 0.1) is 0 Å². The Kier molecular flexibility index (Phi) is 9.31. The van der Waals surface area contributed by atoms with Crippen molar-refractivity contribution in [2.75, 3.05) is 4.90 Å². The van der Waals surface area contributed by atoms with Crippen LogP contribution in [-0.4, -0.2) is 8.07 Å². The van der Waals surface area contributed by atoms with Gasteiger partial charge >= 0.3 is 0 Å². The normalized spacial score (nSPS) is 11.4. The van der Waals surface area contributed by atoms with Crippen molar-refractivity contribution in [1.82, 2.24) is 0 Å². The number of hydrogen-bond acceptors (Lipinski definition) is 1. The van der Waals surface area contributed by atoms with Crippen LogP contribution in [0, 0.1) is 0 Å². The van der Waals surface area contributed by atoms with Gasteiger partial charge in [-0.3, -0.25) is 0 Å². The van der Waals surface area contributed by atoms with Gasteiger partial charge in [-0.05, 0) is 107 Å². The van der Waals surface area contributed by atoms with Gasteiger partial charge in [-0.2, -0.15) is 0 Å². The maximum absolute atomic E-state index is 2.68. The molecule has 0 fully saturated rings. The van der Waals surface area contributed by atoms with Gasteiger partial charge in [0.1, 0.15) is 0 Å². The summed E-state index contributed by atoms with van der Waals surface area (Å²) in [7, 11) is -2.68. The van der Waals surface area contributed by atoms with Crippen molar-refractivity contribution in [2.24, 2.45) is 0 Å². The molecule has 10 aromatic rings. The van der Waals surface area contributed by atoms with Crippen molar-refractivity contribution in [2.45, 2.75) is 0 Å². The lowest BCUT2D eigenvalue weighted by molar-refractivity contribution is 1.29. The predicted molar refractivity (Wildman–Crippen MR) is 251 cm³/mol. The highest BCUT2D eigenvalue weighted by Crippen LogP contribution is 2.40. The van der Waals surface area contributed by atoms with E-state index in [1.165, 1.54) is 64.5 Å². The first kappa shape index (κ1) is 35.2. The van der Waals surface area contributed by atoms with Crippen LogP contribution < -0.4 is 25.6 Å². The number of anilines is 3. The van der Waals surface area contributed by atoms with E-state index in [9.17, 15) is 0 Å². The lowest BCUT2D eigenvalue weighted by Crippen LogP contribution is -2.74. The Bertz CT molecular complexity index is 2870. The number of fused-ring (bicyclic) bond motifs is 3. The zero-order chi connectivity index (χ0) is 38.7. The van der Waals surface area contributed by atoms with Crippen molar-refractivity contribution in [1.29, 1.82) is 0 Å². The Hall–Kier alpha value is -7.26. The average molecular weight is 756 g/mol. The van der Waals surface area contributed by atoms with E-state index in [0.717, 1.165) is 17.1 Å². The minimum Gasteiger partial charge on any atom is -0.310 e. The molecule has 0 unspecified atom stereocenters. The average Bonchev–Trinajstić information content (AvgIpc) is 3.31. The molecule has 2 heteroatoms. The van der Waals surface area contributed by atoms with Crippen LogP contribution in [0.3, 0.4) is 0 Å². The molecule has 0 aliphatic carbocycles. The molecule has 10 rings (SSSR count). The lowest BCUT2D eigenvalue weighted by Gasteiger charge is -2.35. The van der Waals surface area contributed by atoms with Crippen LogP contribution in [0.2, 0.25) is 0 Å². The fraction of sp³-hybridized carbons (Fsp3) is 0. The Morgan fingerprint density at radius 3 is 1.28 bits per heavy atom. The molecule has 0 aliphatic rings. The SMILES string of the molecule is c1ccc(-c2ccc(N(c3ccc([Si](c4ccccc4)(c4ccccc4)c4ccccc4)cc3)c3cccc(-c4cc5ccccc5c5ccccc45)c3)cc2)cc1. The topological polar surface area (TPSA) is 3.24 Å². The highest BCUT2D eigenvalue weighted by atomic mass is 28.3. The Balaban J connectivity index is 1.15. The zero-order valence-corrected chi connectivity index (χ0v) is 33.1. The summed E-state index contributed by atoms with van der Waals surface area (Å²) in [5.74, 6) is 0. The summed E-state index contributed by atoms with van der Waals surface area (Å²) in [4.78, 5) is 2.40. The number of hydrogen-bond donors (Lipinski definition) is 0. The van der Waals surface area contributed by atoms with E-state index < -0.39 is 8.07 Å². The molecule has 1 nitrogen and oxygen atoms in total. The van der Waals surface area contributed by atoms with Crippen molar-refractivity contribution in [3.05, 3.63) is 249 Å². The molecule has 274 valence electrons. The van der Waals surface area contributed by atoms with Gasteiger partial charge in [0.2, 0.25) is 0 Å². The fourth-order valence-corrected chi connectivity index (χ4v) is 13.7. The molecule has 0 aromatic heterocycles. The van der Waals surface area contributed by atoms with Crippen molar-refractivity contribution >= 4 is 67.4 Å². The maximum Gasteiger partial charge on any atom is 0.179 e. The summed E-state index contributed by atoms with van der Waals surface area (Å²) >= 11 is 0. The van der Waals surface area contributed by atoms with Crippen LogP contribution in [0.1, 0.15) is 0 Å². The standard InChI is InChI=1S/C56H41NSi/c1-5-18-42(19-6-1)43-32-34-46(35-33-43)57(48-22-17-21-44(40-48)56-41-45-20-13-14-29-53(45)54-30-15-16-31-55(54)56)47-36-38-52(39-37-47)58(49-23-7-2-8-24-49,50-25-9-3-10-26-50)51-27-11-4-12-28-51/h1-41H. The summed E-state index contributed by atoms with van der Waals surface area (Å²) < 4.78 is 0. The molecule has 58 heavy (non-hydrogen) atoms. The summed E-state index contributed by atoms with van der Waals surface area (Å²) in [5.41, 5.74) is 8.13. The first-order valence-corrected chi connectivity index (χ1v) is 22.0. The maximum atomic E-state index is 2.40. The Morgan fingerprint density at radius 1 is 0.259 bits per heavy atom. The van der Waals surface area contributed by atoms with Crippen LogP contribution in [0.5, 0.6) is 0 Å². The van der Waals surface area contributed by atoms with Crippen molar-refractivity contribution in [3.8, 4) is 22.3 Å². The third-order valence-corrected chi connectivity index (χ3v) is 16.4. The summed E-state index contributed by atoms with van der Waals surface area (Å²) in [6, 6.07) is 91.4. The lowest BCUT2D eigenvalue weighted by atomic mass is 9.93. The van der Waals surface area contributed by atoms with Gasteiger partial charge in [0.25, 0.3) is 0 Å². The monoisotopic (exact) mass is 755 g/mol. The Morgan fingerprint density at radius 2 is 0.690 bits per heavy atom. The molecule has 0 saturated carbocycles. The highest BCUT2D eigenvalue weighted by molar-refractivity contribution is 7.19. The molecule has 0 spiro atoms. The second kappa shape index (κ2) is 15.3. The zero-order valence-electron chi connectivity index (χ0n) is 32.1. The molecule has 0 radical (unpaired) electrons. The van der Waals surface area contributed by atoms with E-state index in [1.807, 2.05) is 0 Å². The third-order valence-electron chi connectivity index (χ3n) is 11.6. The van der Waals surface area contributed by atoms with Crippen LogP contribution in [0.4, 0.5) is 17.1 Å². The van der Waals surface area contributed by atoms with Gasteiger partial charge in [-0.25, -0.2) is 0 Å². The van der Waals surface area contributed by atoms with E-state index in [1.54, 1.807) is 0 Å². The quantitative estimate of drug-likeness (QED) is 0.0806. The predicted octanol–water partition coefficient (Wildman–Crippen LogP) is 12.2. The van der Waals surface area contributed by atoms with Gasteiger partial charge in [-0.15, -0.1) is 0 Å². The summed E-state index contributed by atoms with van der Waals surface area (Å²) in [6.07, 6.45) is 0. The first-order chi connectivity index (χ1) is 28.8. The molecule has 10 aromatic carbocycles. The Labute approximate surface area is 341 Å². The smallest absolute Gasteiger partial charge is 0.179 e. The molecule has 0 heterocycles. The first-order valence-electron chi connectivity index (χ1n) is 20.0. The fourth-order valence-electron chi connectivity index (χ4n) is 8.91. The second-order valence-corrected chi connectivity index (χ2v) is 18.7. The molecule has 0 N–H and O–H groups in total. The van der Waals surface area contributed by atoms with Crippen LogP contribution in [0.25, 0.3) is 43.8 Å². The van der Waals surface area contributed by atoms with Crippen molar-refractivity contribution in [3.63, 3.8) is 0 Å². The van der Waals surface area contributed by atoms with E-state index in [-0.39, 0.29) is 0 Å². The molecule has 0 atom stereocenters. The number of benzene rings is 10. The molecule has 0 amide bonds. The second-order valence-electron chi connectivity index (χ2n) is 14.9. The molecule has 0 bridgehead atoms. The van der Waals surface area contributed by atoms with Crippen LogP contribution in [-0.2, 0) is 0 Å². The van der Waals surface area contributed by atoms with E-state index >= 15 is 0 Å². The van der Waals surface area contributed by atoms with Gasteiger partial charge in [0.15, 0.2) is 8.07 Å². The minimum atomic E-state index is -2.68. The number of rotatable bonds is 9. The molecular formula is C56H41NSi. The highest BCUT2D eigenvalue weighted by Gasteiger charge is 2.41. The van der Waals surface area contributed by atoms with E-state index in [2.05, 4.69) is 254 Å². The summed E-state index contributed by atoms with van der Waals surface area (Å²) in [5, 5.41) is 10.5. The minimum absolute atomic E-state index is 1.10. The molecule has 0 saturated heterocycles. The molecule has 0 aliphatic heterocycles. The largest absolute Gasteiger partial charge is 0.310 e. The van der Waals surface area contributed by atoms with Gasteiger partial charge < -0.3 is 4.90 Å². The summed E-state index contributed by atoms with van der Waals surface area (Å²) in [6.45, 7) is 0. The molecular weight excluding hydrogens is 715 g/mol. The van der Waals surface area contributed by atoms with E-state index in [4.69, 9.17) is 0 Å². The van der Waals surface area contributed by atoms with E-state index in [0.29, 0.717) is 0 Å². The van der Waals surface area contributed by atoms with Crippen LogP contribution in [0.15, 0.2) is 249 Å². The number of nitrogens with zero attached hydrogens (tertiary/aromatic N) is 1. The third kappa shape index (κ3) is 6.30. The van der Waals surface area contributed by atoms with Gasteiger partial charge in [0, 0.05) is 17.1 Å². The van der Waals surface area contributed by atoms with Gasteiger partial charge in [-0.1, -0.05) is 206 Å². The van der Waals surface area contributed by atoms with Crippen molar-refractivity contribution < 1.29 is 0 Å². The van der Waals surface area contributed by atoms with Crippen LogP contribution >= 0.6 is 0 Å².